The lowest BCUT2D eigenvalue weighted by Crippen LogP contribution is -2.46. The van der Waals surface area contributed by atoms with Crippen LogP contribution in [0.25, 0.3) is 0 Å². The number of nitrogens with one attached hydrogen (secondary N) is 2. The number of fused-ring (bicyclic) bond motifs is 1. The van der Waals surface area contributed by atoms with Crippen LogP contribution in [0.4, 0.5) is 5.69 Å². The zero-order valence-corrected chi connectivity index (χ0v) is 18.0. The third-order valence-corrected chi connectivity index (χ3v) is 6.06. The van der Waals surface area contributed by atoms with Gasteiger partial charge in [-0.3, -0.25) is 14.5 Å². The van der Waals surface area contributed by atoms with Crippen LogP contribution in [0.1, 0.15) is 22.7 Å². The minimum absolute atomic E-state index is 0.00554. The molecular formula is C24H30N4O3. The van der Waals surface area contributed by atoms with E-state index in [4.69, 9.17) is 4.74 Å². The number of carbonyl (C=O) groups is 2. The van der Waals surface area contributed by atoms with Gasteiger partial charge in [-0.05, 0) is 29.2 Å². The molecule has 164 valence electrons. The lowest BCUT2D eigenvalue weighted by molar-refractivity contribution is -0.139. The summed E-state index contributed by atoms with van der Waals surface area (Å²) < 4.78 is 5.51. The largest absolute Gasteiger partial charge is 0.379 e. The highest BCUT2D eigenvalue weighted by Gasteiger charge is 2.26. The molecule has 0 unspecified atom stereocenters. The van der Waals surface area contributed by atoms with Gasteiger partial charge in [-0.1, -0.05) is 42.5 Å². The van der Waals surface area contributed by atoms with Crippen LogP contribution in [0.2, 0.25) is 0 Å². The second kappa shape index (κ2) is 9.94. The molecule has 0 saturated carbocycles. The van der Waals surface area contributed by atoms with Gasteiger partial charge in [0, 0.05) is 45.5 Å². The van der Waals surface area contributed by atoms with Crippen molar-refractivity contribution < 1.29 is 14.3 Å². The van der Waals surface area contributed by atoms with E-state index in [0.29, 0.717) is 26.3 Å². The number of rotatable bonds is 6. The average molecular weight is 423 g/mol. The maximum atomic E-state index is 12.4. The monoisotopic (exact) mass is 422 g/mol. The van der Waals surface area contributed by atoms with Crippen molar-refractivity contribution >= 4 is 17.5 Å². The zero-order chi connectivity index (χ0) is 21.6. The summed E-state index contributed by atoms with van der Waals surface area (Å²) in [5, 5.41) is 5.54. The van der Waals surface area contributed by atoms with Crippen molar-refractivity contribution in [3.63, 3.8) is 0 Å². The smallest absolute Gasteiger partial charge is 0.309 e. The second-order valence-corrected chi connectivity index (χ2v) is 8.10. The highest BCUT2D eigenvalue weighted by molar-refractivity contribution is 6.35. The Hall–Kier alpha value is -2.90. The molecule has 0 aromatic heterocycles. The van der Waals surface area contributed by atoms with Gasteiger partial charge in [-0.2, -0.15) is 0 Å². The van der Waals surface area contributed by atoms with Crippen LogP contribution in [0.15, 0.2) is 48.5 Å². The normalized spacial score (nSPS) is 17.1. The molecule has 2 aromatic rings. The van der Waals surface area contributed by atoms with E-state index in [9.17, 15) is 9.59 Å². The van der Waals surface area contributed by atoms with Crippen molar-refractivity contribution in [2.75, 3.05) is 51.3 Å². The molecule has 0 bridgehead atoms. The third-order valence-electron chi connectivity index (χ3n) is 6.06. The van der Waals surface area contributed by atoms with Crippen molar-refractivity contribution in [2.24, 2.45) is 0 Å². The first-order chi connectivity index (χ1) is 15.1. The maximum Gasteiger partial charge on any atom is 0.309 e. The SMILES string of the molecule is CN1CCc2cc([C@@H](CNC(=O)C(=O)NCc3ccccc3)N3CCOCC3)ccc21. The molecule has 7 heteroatoms. The van der Waals surface area contributed by atoms with E-state index < -0.39 is 11.8 Å². The van der Waals surface area contributed by atoms with E-state index >= 15 is 0 Å². The standard InChI is InChI=1S/C24H30N4O3/c1-27-10-9-20-15-19(7-8-21(20)27)22(28-11-13-31-14-12-28)17-26-24(30)23(29)25-16-18-5-3-2-4-6-18/h2-8,15,22H,9-14,16-17H2,1H3,(H,25,29)(H,26,30)/t22-/m1/s1. The van der Waals surface area contributed by atoms with Gasteiger partial charge in [0.15, 0.2) is 0 Å². The van der Waals surface area contributed by atoms with E-state index in [2.05, 4.69) is 45.7 Å². The van der Waals surface area contributed by atoms with Crippen molar-refractivity contribution in [1.82, 2.24) is 15.5 Å². The molecule has 1 atom stereocenters. The van der Waals surface area contributed by atoms with Crippen LogP contribution in [-0.2, 0) is 27.3 Å². The first-order valence-corrected chi connectivity index (χ1v) is 10.9. The highest BCUT2D eigenvalue weighted by Crippen LogP contribution is 2.31. The van der Waals surface area contributed by atoms with Gasteiger partial charge >= 0.3 is 11.8 Å². The number of benzene rings is 2. The van der Waals surface area contributed by atoms with Crippen molar-refractivity contribution in [3.05, 3.63) is 65.2 Å². The van der Waals surface area contributed by atoms with Crippen LogP contribution in [0.5, 0.6) is 0 Å². The van der Waals surface area contributed by atoms with Gasteiger partial charge in [0.05, 0.1) is 19.3 Å². The molecule has 4 rings (SSSR count). The summed E-state index contributed by atoms with van der Waals surface area (Å²) in [6.45, 7) is 4.70. The van der Waals surface area contributed by atoms with Crippen LogP contribution < -0.4 is 15.5 Å². The fraction of sp³-hybridized carbons (Fsp3) is 0.417. The predicted octanol–water partition coefficient (Wildman–Crippen LogP) is 1.48. The first-order valence-electron chi connectivity index (χ1n) is 10.9. The number of morpholine rings is 1. The Morgan fingerprint density at radius 3 is 2.52 bits per heavy atom. The number of hydrogen-bond acceptors (Lipinski definition) is 5. The van der Waals surface area contributed by atoms with Crippen LogP contribution in [0.3, 0.4) is 0 Å². The number of likely N-dealkylation sites (N-methyl/N-ethyl adjacent to an activating group) is 1. The lowest BCUT2D eigenvalue weighted by atomic mass is 10.0. The summed E-state index contributed by atoms with van der Waals surface area (Å²) in [5.74, 6) is -1.21. The van der Waals surface area contributed by atoms with Gasteiger partial charge in [0.25, 0.3) is 0 Å². The molecule has 2 N–H and O–H groups in total. The Kier molecular flexibility index (Phi) is 6.84. The van der Waals surface area contributed by atoms with E-state index in [1.807, 2.05) is 30.3 Å². The van der Waals surface area contributed by atoms with E-state index in [1.54, 1.807) is 0 Å². The Labute approximate surface area is 183 Å². The van der Waals surface area contributed by atoms with E-state index in [0.717, 1.165) is 31.6 Å². The van der Waals surface area contributed by atoms with Crippen LogP contribution in [-0.4, -0.2) is 63.2 Å². The summed E-state index contributed by atoms with van der Waals surface area (Å²) in [7, 11) is 2.11. The molecule has 0 aliphatic carbocycles. The molecule has 2 heterocycles. The van der Waals surface area contributed by atoms with Gasteiger partial charge in [0.2, 0.25) is 0 Å². The molecule has 2 aliphatic heterocycles. The first kappa shape index (κ1) is 21.3. The highest BCUT2D eigenvalue weighted by atomic mass is 16.5. The van der Waals surface area contributed by atoms with Gasteiger partial charge in [-0.15, -0.1) is 0 Å². The van der Waals surface area contributed by atoms with Crippen molar-refractivity contribution in [3.8, 4) is 0 Å². The number of ether oxygens (including phenoxy) is 1. The fourth-order valence-electron chi connectivity index (χ4n) is 4.27. The fourth-order valence-corrected chi connectivity index (χ4v) is 4.27. The predicted molar refractivity (Wildman–Crippen MR) is 120 cm³/mol. The number of hydrogen-bond donors (Lipinski definition) is 2. The summed E-state index contributed by atoms with van der Waals surface area (Å²) in [4.78, 5) is 29.3. The molecule has 2 amide bonds. The lowest BCUT2D eigenvalue weighted by Gasteiger charge is -2.35. The minimum Gasteiger partial charge on any atom is -0.379 e. The molecule has 2 aliphatic rings. The minimum atomic E-state index is -0.611. The van der Waals surface area contributed by atoms with E-state index in [1.165, 1.54) is 16.8 Å². The molecule has 2 aromatic carbocycles. The van der Waals surface area contributed by atoms with Gasteiger partial charge in [0.1, 0.15) is 0 Å². The Bertz CT molecular complexity index is 912. The molecular weight excluding hydrogens is 392 g/mol. The molecule has 0 spiro atoms. The van der Waals surface area contributed by atoms with Crippen molar-refractivity contribution in [2.45, 2.75) is 19.0 Å². The number of nitrogens with zero attached hydrogens (tertiary/aromatic N) is 2. The molecule has 7 nitrogen and oxygen atoms in total. The third kappa shape index (κ3) is 5.24. The van der Waals surface area contributed by atoms with Gasteiger partial charge in [-0.25, -0.2) is 0 Å². The summed E-state index contributed by atoms with van der Waals surface area (Å²) >= 11 is 0. The van der Waals surface area contributed by atoms with Crippen molar-refractivity contribution in [1.29, 1.82) is 0 Å². The topological polar surface area (TPSA) is 73.9 Å². The van der Waals surface area contributed by atoms with Gasteiger partial charge < -0.3 is 20.3 Å². The van der Waals surface area contributed by atoms with Crippen LogP contribution in [0, 0.1) is 0 Å². The summed E-state index contributed by atoms with van der Waals surface area (Å²) in [6, 6.07) is 16.1. The van der Waals surface area contributed by atoms with E-state index in [-0.39, 0.29) is 6.04 Å². The molecule has 1 fully saturated rings. The Morgan fingerprint density at radius 2 is 1.74 bits per heavy atom. The molecule has 31 heavy (non-hydrogen) atoms. The number of carbonyl (C=O) groups excluding carboxylic acids is 2. The second-order valence-electron chi connectivity index (χ2n) is 8.10. The molecule has 1 saturated heterocycles. The quantitative estimate of drug-likeness (QED) is 0.690. The Morgan fingerprint density at radius 1 is 1.00 bits per heavy atom. The average Bonchev–Trinajstić information content (AvgIpc) is 3.19. The molecule has 0 radical (unpaired) electrons. The van der Waals surface area contributed by atoms with Crippen LogP contribution >= 0.6 is 0 Å². The number of anilines is 1. The summed E-state index contributed by atoms with van der Waals surface area (Å²) in [5.41, 5.74) is 4.73. The maximum absolute atomic E-state index is 12.4. The summed E-state index contributed by atoms with van der Waals surface area (Å²) in [6.07, 6.45) is 1.03. The Balaban J connectivity index is 1.40. The zero-order valence-electron chi connectivity index (χ0n) is 18.0. The number of amides is 2.